The van der Waals surface area contributed by atoms with Gasteiger partial charge in [0.2, 0.25) is 5.91 Å². The molecule has 4 saturated carbocycles. The molecule has 0 heterocycles. The lowest BCUT2D eigenvalue weighted by Crippen LogP contribution is -2.64. The number of hydrogen-bond donors (Lipinski definition) is 1. The first-order valence-corrected chi connectivity index (χ1v) is 9.95. The molecule has 26 heavy (non-hydrogen) atoms. The van der Waals surface area contributed by atoms with Crippen molar-refractivity contribution in [2.75, 3.05) is 0 Å². The number of carbonyl (C=O) groups excluding carboxylic acids is 2. The normalized spacial score (nSPS) is 34.6. The summed E-state index contributed by atoms with van der Waals surface area (Å²) in [6.07, 6.45) is 5.58. The van der Waals surface area contributed by atoms with E-state index in [1.165, 1.54) is 6.42 Å². The van der Waals surface area contributed by atoms with Crippen LogP contribution < -0.4 is 5.32 Å². The van der Waals surface area contributed by atoms with Gasteiger partial charge < -0.3 is 10.1 Å². The van der Waals surface area contributed by atoms with Crippen LogP contribution in [-0.4, -0.2) is 17.4 Å². The zero-order valence-corrected chi connectivity index (χ0v) is 16.3. The summed E-state index contributed by atoms with van der Waals surface area (Å²) in [7, 11) is 0. The van der Waals surface area contributed by atoms with Gasteiger partial charge >= 0.3 is 5.97 Å². The number of rotatable bonds is 4. The van der Waals surface area contributed by atoms with Crippen molar-refractivity contribution in [1.29, 1.82) is 0 Å². The maximum Gasteiger partial charge on any atom is 0.312 e. The quantitative estimate of drug-likeness (QED) is 0.762. The summed E-state index contributed by atoms with van der Waals surface area (Å²) < 4.78 is 5.70. The van der Waals surface area contributed by atoms with E-state index in [1.54, 1.807) is 25.1 Å². The van der Waals surface area contributed by atoms with Crippen LogP contribution in [0.3, 0.4) is 0 Å². The molecule has 6 heteroatoms. The molecule has 4 bridgehead atoms. The first-order chi connectivity index (χ1) is 12.3. The smallest absolute Gasteiger partial charge is 0.312 e. The van der Waals surface area contributed by atoms with Crippen molar-refractivity contribution in [3.05, 3.63) is 33.8 Å². The third-order valence-corrected chi connectivity index (χ3v) is 6.90. The zero-order chi connectivity index (χ0) is 18.5. The van der Waals surface area contributed by atoms with Gasteiger partial charge in [-0.05, 0) is 62.5 Å². The molecule has 0 aliphatic heterocycles. The lowest BCUT2D eigenvalue weighted by molar-refractivity contribution is -0.177. The number of carbonyl (C=O) groups is 2. The van der Waals surface area contributed by atoms with Gasteiger partial charge in [0.05, 0.1) is 5.41 Å². The lowest BCUT2D eigenvalue weighted by atomic mass is 9.47. The highest BCUT2D eigenvalue weighted by molar-refractivity contribution is 6.35. The Balaban J connectivity index is 1.51. The topological polar surface area (TPSA) is 55.4 Å². The predicted octanol–water partition coefficient (Wildman–Crippen LogP) is 4.51. The zero-order valence-electron chi connectivity index (χ0n) is 14.8. The second-order valence-electron chi connectivity index (χ2n) is 8.51. The molecule has 1 aromatic carbocycles. The van der Waals surface area contributed by atoms with Gasteiger partial charge in [-0.3, -0.25) is 9.59 Å². The molecule has 0 spiro atoms. The highest BCUT2D eigenvalue weighted by Gasteiger charge is 2.61. The number of esters is 1. The molecule has 2 unspecified atom stereocenters. The fraction of sp³-hybridized carbons (Fsp3) is 0.600. The van der Waals surface area contributed by atoms with Gasteiger partial charge in [-0.2, -0.15) is 0 Å². The fourth-order valence-electron chi connectivity index (χ4n) is 5.96. The van der Waals surface area contributed by atoms with Gasteiger partial charge in [0.15, 0.2) is 0 Å². The molecule has 140 valence electrons. The summed E-state index contributed by atoms with van der Waals surface area (Å²) in [5.74, 6) is 0.834. The number of ether oxygens (including phenoxy) is 1. The van der Waals surface area contributed by atoms with Crippen LogP contribution in [0.1, 0.15) is 51.0 Å². The maximum absolute atomic E-state index is 13.1. The number of halogens is 2. The second kappa shape index (κ2) is 6.42. The van der Waals surface area contributed by atoms with Gasteiger partial charge in [-0.1, -0.05) is 29.3 Å². The van der Waals surface area contributed by atoms with Gasteiger partial charge in [0.25, 0.3) is 0 Å². The average Bonchev–Trinajstić information content (AvgIpc) is 2.51. The van der Waals surface area contributed by atoms with Crippen molar-refractivity contribution in [2.24, 2.45) is 17.3 Å². The minimum atomic E-state index is -0.467. The predicted molar refractivity (Wildman–Crippen MR) is 99.9 cm³/mol. The molecule has 4 aliphatic carbocycles. The third-order valence-electron chi connectivity index (χ3n) is 6.31. The number of benzene rings is 1. The molecule has 0 aromatic heterocycles. The van der Waals surface area contributed by atoms with E-state index in [-0.39, 0.29) is 24.0 Å². The first-order valence-electron chi connectivity index (χ1n) is 9.19. The highest BCUT2D eigenvalue weighted by atomic mass is 35.5. The minimum absolute atomic E-state index is 0.0107. The number of nitrogens with one attached hydrogen (secondary N) is 1. The van der Waals surface area contributed by atoms with Crippen LogP contribution in [0.2, 0.25) is 10.0 Å². The van der Waals surface area contributed by atoms with Crippen LogP contribution in [-0.2, 0) is 20.9 Å². The Morgan fingerprint density at radius 1 is 1.19 bits per heavy atom. The summed E-state index contributed by atoms with van der Waals surface area (Å²) in [5, 5.41) is 4.24. The van der Waals surface area contributed by atoms with E-state index in [4.69, 9.17) is 27.9 Å². The van der Waals surface area contributed by atoms with Crippen molar-refractivity contribution >= 4 is 35.1 Å². The fourth-order valence-corrected chi connectivity index (χ4v) is 6.42. The second-order valence-corrected chi connectivity index (χ2v) is 9.36. The van der Waals surface area contributed by atoms with Crippen molar-refractivity contribution in [3.63, 3.8) is 0 Å². The van der Waals surface area contributed by atoms with Crippen molar-refractivity contribution in [3.8, 4) is 0 Å². The molecule has 4 aliphatic rings. The monoisotopic (exact) mass is 395 g/mol. The largest absolute Gasteiger partial charge is 0.460 e. The van der Waals surface area contributed by atoms with Crippen molar-refractivity contribution in [2.45, 2.75) is 57.6 Å². The van der Waals surface area contributed by atoms with Gasteiger partial charge in [0.1, 0.15) is 6.61 Å². The molecular formula is C20H23Cl2NO3. The van der Waals surface area contributed by atoms with Gasteiger partial charge in [-0.15, -0.1) is 0 Å². The van der Waals surface area contributed by atoms with Crippen LogP contribution >= 0.6 is 23.2 Å². The van der Waals surface area contributed by atoms with Crippen molar-refractivity contribution in [1.82, 2.24) is 5.32 Å². The first kappa shape index (κ1) is 18.1. The Hall–Kier alpha value is -1.26. The van der Waals surface area contributed by atoms with E-state index in [0.29, 0.717) is 28.3 Å². The Labute approximate surface area is 163 Å². The summed E-state index contributed by atoms with van der Waals surface area (Å²) in [4.78, 5) is 24.8. The summed E-state index contributed by atoms with van der Waals surface area (Å²) in [6.45, 7) is 1.71. The Morgan fingerprint density at radius 3 is 2.50 bits per heavy atom. The standard InChI is InChI=1S/C20H23Cl2NO3/c1-12(24)23-20-8-13-4-14(9-20)7-19(6-13,11-20)18(25)26-10-15-2-3-16(21)5-17(15)22/h2-3,5,13-14H,4,6-11H2,1H3,(H,23,24). The van der Waals surface area contributed by atoms with E-state index in [9.17, 15) is 9.59 Å². The lowest BCUT2D eigenvalue weighted by Gasteiger charge is -2.60. The maximum atomic E-state index is 13.1. The molecule has 0 saturated heterocycles. The van der Waals surface area contributed by atoms with Crippen LogP contribution in [0.25, 0.3) is 0 Å². The molecule has 2 atom stereocenters. The Morgan fingerprint density at radius 2 is 1.88 bits per heavy atom. The van der Waals surface area contributed by atoms with E-state index in [0.717, 1.165) is 31.2 Å². The average molecular weight is 396 g/mol. The summed E-state index contributed by atoms with van der Waals surface area (Å²) in [6, 6.07) is 5.19. The van der Waals surface area contributed by atoms with E-state index in [2.05, 4.69) is 5.32 Å². The molecular weight excluding hydrogens is 373 g/mol. The van der Waals surface area contributed by atoms with E-state index < -0.39 is 5.41 Å². The van der Waals surface area contributed by atoms with E-state index in [1.807, 2.05) is 0 Å². The van der Waals surface area contributed by atoms with Gasteiger partial charge in [0, 0.05) is 28.1 Å². The van der Waals surface area contributed by atoms with Crippen LogP contribution in [0, 0.1) is 17.3 Å². The molecule has 5 rings (SSSR count). The number of amides is 1. The molecule has 1 amide bonds. The minimum Gasteiger partial charge on any atom is -0.460 e. The third kappa shape index (κ3) is 3.22. The molecule has 1 aromatic rings. The Kier molecular flexibility index (Phi) is 4.47. The van der Waals surface area contributed by atoms with E-state index >= 15 is 0 Å². The Bertz CT molecular complexity index is 749. The van der Waals surface area contributed by atoms with Crippen LogP contribution in [0.15, 0.2) is 18.2 Å². The van der Waals surface area contributed by atoms with Crippen LogP contribution in [0.5, 0.6) is 0 Å². The SMILES string of the molecule is CC(=O)NC12CC3CC(C1)CC(C(=O)OCc1ccc(Cl)cc1Cl)(C3)C2. The number of hydrogen-bond acceptors (Lipinski definition) is 3. The van der Waals surface area contributed by atoms with Gasteiger partial charge in [-0.25, -0.2) is 0 Å². The molecule has 1 N–H and O–H groups in total. The molecule has 4 nitrogen and oxygen atoms in total. The molecule has 0 radical (unpaired) electrons. The summed E-state index contributed by atoms with van der Waals surface area (Å²) in [5.41, 5.74) is 0.0592. The highest BCUT2D eigenvalue weighted by Crippen LogP contribution is 2.62. The van der Waals surface area contributed by atoms with Crippen molar-refractivity contribution < 1.29 is 14.3 Å². The molecule has 4 fully saturated rings. The van der Waals surface area contributed by atoms with Crippen LogP contribution in [0.4, 0.5) is 0 Å². The summed E-state index contributed by atoms with van der Waals surface area (Å²) >= 11 is 12.1.